The molecule has 0 spiro atoms. The van der Waals surface area contributed by atoms with Crippen LogP contribution in [0, 0.1) is 5.92 Å². The van der Waals surface area contributed by atoms with E-state index in [2.05, 4.69) is 25.2 Å². The second-order valence-electron chi connectivity index (χ2n) is 7.24. The summed E-state index contributed by atoms with van der Waals surface area (Å²) in [5.74, 6) is 0.616. The first-order valence-corrected chi connectivity index (χ1v) is 9.04. The summed E-state index contributed by atoms with van der Waals surface area (Å²) >= 11 is 0. The maximum atomic E-state index is 13.7. The molecule has 1 aromatic carbocycles. The van der Waals surface area contributed by atoms with Gasteiger partial charge in [-0.05, 0) is 42.5 Å². The van der Waals surface area contributed by atoms with E-state index in [-0.39, 0.29) is 12.0 Å². The number of benzene rings is 1. The van der Waals surface area contributed by atoms with E-state index in [0.29, 0.717) is 11.6 Å². The fraction of sp³-hybridized carbons (Fsp3) is 0.684. The topological polar surface area (TPSA) is 15.3 Å². The molecule has 24 heavy (non-hydrogen) atoms. The smallest absolute Gasteiger partial charge is 0.370 e. The highest BCUT2D eigenvalue weighted by Crippen LogP contribution is 2.49. The van der Waals surface area contributed by atoms with Crippen LogP contribution in [0.4, 0.5) is 18.9 Å². The molecule has 1 N–H and O–H groups in total. The van der Waals surface area contributed by atoms with Crippen LogP contribution < -0.4 is 10.2 Å². The molecule has 0 bridgehead atoms. The van der Waals surface area contributed by atoms with Crippen LogP contribution in [0.1, 0.15) is 55.7 Å². The van der Waals surface area contributed by atoms with Gasteiger partial charge in [-0.25, -0.2) is 0 Å². The number of hydrogen-bond donors (Lipinski definition) is 1. The van der Waals surface area contributed by atoms with Crippen LogP contribution in [0.25, 0.3) is 0 Å². The predicted octanol–water partition coefficient (Wildman–Crippen LogP) is 4.58. The zero-order valence-electron chi connectivity index (χ0n) is 14.7. The fourth-order valence-electron chi connectivity index (χ4n) is 4.43. The highest BCUT2D eigenvalue weighted by molar-refractivity contribution is 5.68. The fourth-order valence-corrected chi connectivity index (χ4v) is 4.43. The van der Waals surface area contributed by atoms with Crippen molar-refractivity contribution in [2.75, 3.05) is 25.0 Å². The van der Waals surface area contributed by atoms with Crippen LogP contribution in [0.5, 0.6) is 0 Å². The van der Waals surface area contributed by atoms with Crippen molar-refractivity contribution in [1.29, 1.82) is 0 Å². The first kappa shape index (κ1) is 17.6. The Labute approximate surface area is 142 Å². The Kier molecular flexibility index (Phi) is 4.82. The Balaban J connectivity index is 2.07. The number of fused-ring (bicyclic) bond motifs is 3. The first-order valence-electron chi connectivity index (χ1n) is 9.04. The molecule has 1 saturated heterocycles. The van der Waals surface area contributed by atoms with Gasteiger partial charge in [0.2, 0.25) is 0 Å². The van der Waals surface area contributed by atoms with Crippen molar-refractivity contribution < 1.29 is 13.2 Å². The van der Waals surface area contributed by atoms with E-state index < -0.39 is 11.7 Å². The molecule has 2 unspecified atom stereocenters. The number of alkyl halides is 3. The zero-order chi connectivity index (χ0) is 17.5. The number of nitrogens with zero attached hydrogens (tertiary/aromatic N) is 1. The number of nitrogens with one attached hydrogen (secondary N) is 1. The SMILES string of the molecule is CCC(CC)Cc1cc2c(c(C(F)(F)F)c1)N(C)C1CCNCC21. The molecule has 2 heterocycles. The van der Waals surface area contributed by atoms with E-state index in [1.165, 1.54) is 6.07 Å². The average Bonchev–Trinajstić information content (AvgIpc) is 2.84. The molecule has 2 aliphatic rings. The van der Waals surface area contributed by atoms with Crippen LogP contribution in [0.2, 0.25) is 0 Å². The third-order valence-electron chi connectivity index (χ3n) is 5.88. The van der Waals surface area contributed by atoms with E-state index in [9.17, 15) is 13.2 Å². The van der Waals surface area contributed by atoms with Gasteiger partial charge in [0, 0.05) is 25.6 Å². The predicted molar refractivity (Wildman–Crippen MR) is 91.6 cm³/mol. The lowest BCUT2D eigenvalue weighted by molar-refractivity contribution is -0.137. The van der Waals surface area contributed by atoms with E-state index in [4.69, 9.17) is 0 Å². The van der Waals surface area contributed by atoms with Gasteiger partial charge in [0.1, 0.15) is 0 Å². The lowest BCUT2D eigenvalue weighted by Gasteiger charge is -2.31. The summed E-state index contributed by atoms with van der Waals surface area (Å²) in [6.45, 7) is 5.87. The van der Waals surface area contributed by atoms with Crippen molar-refractivity contribution in [3.8, 4) is 0 Å². The normalized spacial score (nSPS) is 23.5. The van der Waals surface area contributed by atoms with Crippen molar-refractivity contribution >= 4 is 5.69 Å². The van der Waals surface area contributed by atoms with Crippen LogP contribution in [0.15, 0.2) is 12.1 Å². The van der Waals surface area contributed by atoms with Crippen molar-refractivity contribution in [1.82, 2.24) is 5.32 Å². The number of piperidine rings is 1. The third-order valence-corrected chi connectivity index (χ3v) is 5.88. The Morgan fingerprint density at radius 1 is 1.25 bits per heavy atom. The van der Waals surface area contributed by atoms with Gasteiger partial charge in [-0.3, -0.25) is 0 Å². The van der Waals surface area contributed by atoms with E-state index >= 15 is 0 Å². The maximum Gasteiger partial charge on any atom is 0.418 e. The summed E-state index contributed by atoms with van der Waals surface area (Å²) < 4.78 is 41.2. The summed E-state index contributed by atoms with van der Waals surface area (Å²) in [4.78, 5) is 1.88. The second kappa shape index (κ2) is 6.58. The van der Waals surface area contributed by atoms with Crippen LogP contribution in [-0.4, -0.2) is 26.2 Å². The molecule has 2 aliphatic heterocycles. The molecule has 0 aliphatic carbocycles. The standard InChI is InChI=1S/C19H27F3N2/c1-4-12(5-2)8-13-9-14-15-11-23-7-6-17(15)24(3)18(14)16(10-13)19(20,21)22/h9-10,12,15,17,23H,4-8,11H2,1-3H3. The van der Waals surface area contributed by atoms with E-state index in [0.717, 1.165) is 49.9 Å². The number of halogens is 3. The monoisotopic (exact) mass is 340 g/mol. The highest BCUT2D eigenvalue weighted by Gasteiger charge is 2.44. The summed E-state index contributed by atoms with van der Waals surface area (Å²) in [6, 6.07) is 3.64. The minimum absolute atomic E-state index is 0.168. The number of likely N-dealkylation sites (N-methyl/N-ethyl adjacent to an activating group) is 1. The van der Waals surface area contributed by atoms with E-state index in [1.54, 1.807) is 0 Å². The van der Waals surface area contributed by atoms with Crippen molar-refractivity contribution in [2.45, 2.75) is 57.7 Å². The molecular formula is C19H27F3N2. The van der Waals surface area contributed by atoms with Crippen molar-refractivity contribution in [2.24, 2.45) is 5.92 Å². The van der Waals surface area contributed by atoms with Gasteiger partial charge in [-0.15, -0.1) is 0 Å². The maximum absolute atomic E-state index is 13.7. The van der Waals surface area contributed by atoms with Crippen LogP contribution in [-0.2, 0) is 12.6 Å². The Morgan fingerprint density at radius 3 is 2.58 bits per heavy atom. The molecule has 1 fully saturated rings. The van der Waals surface area contributed by atoms with Gasteiger partial charge in [0.15, 0.2) is 0 Å². The minimum Gasteiger partial charge on any atom is -0.370 e. The molecule has 0 saturated carbocycles. The molecule has 3 rings (SSSR count). The molecule has 0 amide bonds. The van der Waals surface area contributed by atoms with Gasteiger partial charge < -0.3 is 10.2 Å². The van der Waals surface area contributed by atoms with E-state index in [1.807, 2.05) is 11.9 Å². The molecule has 134 valence electrons. The van der Waals surface area contributed by atoms with Gasteiger partial charge in [-0.1, -0.05) is 32.8 Å². The Bertz CT molecular complexity index is 593. The average molecular weight is 340 g/mol. The first-order chi connectivity index (χ1) is 11.4. The lowest BCUT2D eigenvalue weighted by atomic mass is 9.86. The molecule has 5 heteroatoms. The highest BCUT2D eigenvalue weighted by atomic mass is 19.4. The molecular weight excluding hydrogens is 313 g/mol. The molecule has 2 nitrogen and oxygen atoms in total. The summed E-state index contributed by atoms with van der Waals surface area (Å²) in [7, 11) is 1.82. The summed E-state index contributed by atoms with van der Waals surface area (Å²) in [5.41, 5.74) is 1.70. The molecule has 2 atom stereocenters. The van der Waals surface area contributed by atoms with Crippen molar-refractivity contribution in [3.05, 3.63) is 28.8 Å². The second-order valence-corrected chi connectivity index (χ2v) is 7.24. The molecule has 0 radical (unpaired) electrons. The van der Waals surface area contributed by atoms with Gasteiger partial charge in [0.05, 0.1) is 11.3 Å². The summed E-state index contributed by atoms with van der Waals surface area (Å²) in [5, 5.41) is 3.35. The van der Waals surface area contributed by atoms with Gasteiger partial charge in [-0.2, -0.15) is 13.2 Å². The zero-order valence-corrected chi connectivity index (χ0v) is 14.7. The van der Waals surface area contributed by atoms with Gasteiger partial charge in [0.25, 0.3) is 0 Å². The van der Waals surface area contributed by atoms with Crippen molar-refractivity contribution in [3.63, 3.8) is 0 Å². The number of anilines is 1. The van der Waals surface area contributed by atoms with Gasteiger partial charge >= 0.3 is 6.18 Å². The molecule has 0 aromatic heterocycles. The summed E-state index contributed by atoms with van der Waals surface area (Å²) in [6.07, 6.45) is -0.666. The minimum atomic E-state index is -4.30. The Morgan fingerprint density at radius 2 is 1.96 bits per heavy atom. The number of hydrogen-bond acceptors (Lipinski definition) is 2. The third kappa shape index (κ3) is 3.03. The number of rotatable bonds is 4. The quantitative estimate of drug-likeness (QED) is 0.863. The van der Waals surface area contributed by atoms with Crippen LogP contribution >= 0.6 is 0 Å². The lowest BCUT2D eigenvalue weighted by Crippen LogP contribution is -2.42. The largest absolute Gasteiger partial charge is 0.418 e. The molecule has 1 aromatic rings. The Hall–Kier alpha value is -1.23. The van der Waals surface area contributed by atoms with Crippen LogP contribution in [0.3, 0.4) is 0 Å².